The molecule has 3 amide bonds. The second-order valence-corrected chi connectivity index (χ2v) is 12.1. The van der Waals surface area contributed by atoms with E-state index in [0.29, 0.717) is 47.8 Å². The number of aromatic nitrogens is 1. The van der Waals surface area contributed by atoms with Gasteiger partial charge in [-0.2, -0.15) is 5.10 Å². The lowest BCUT2D eigenvalue weighted by Gasteiger charge is -2.14. The molecule has 1 aliphatic heterocycles. The number of rotatable bonds is 8. The van der Waals surface area contributed by atoms with E-state index in [1.54, 1.807) is 73.7 Å². The number of nitrogens with one attached hydrogen (secondary N) is 1. The van der Waals surface area contributed by atoms with Gasteiger partial charge in [-0.15, -0.1) is 11.3 Å². The summed E-state index contributed by atoms with van der Waals surface area (Å²) in [5.41, 5.74) is 4.42. The summed E-state index contributed by atoms with van der Waals surface area (Å²) in [5, 5.41) is 5.26. The van der Waals surface area contributed by atoms with E-state index in [0.717, 1.165) is 10.2 Å². The summed E-state index contributed by atoms with van der Waals surface area (Å²) in [7, 11) is 0. The van der Waals surface area contributed by atoms with Crippen molar-refractivity contribution < 1.29 is 23.5 Å². The quantitative estimate of drug-likeness (QED) is 0.110. The fraction of sp³-hybridized carbons (Fsp3) is 0.0690. The fourth-order valence-electron chi connectivity index (χ4n) is 4.11. The minimum absolute atomic E-state index is 0.294. The van der Waals surface area contributed by atoms with Crippen LogP contribution in [-0.4, -0.2) is 35.0 Å². The summed E-state index contributed by atoms with van der Waals surface area (Å²) in [6.45, 7) is 1.57. The van der Waals surface area contributed by atoms with Crippen LogP contribution in [0.1, 0.15) is 33.4 Å². The number of hydrogen-bond donors (Lipinski definition) is 1. The summed E-state index contributed by atoms with van der Waals surface area (Å²) < 4.78 is 12.9. The molecule has 0 aliphatic carbocycles. The van der Waals surface area contributed by atoms with Gasteiger partial charge in [-0.25, -0.2) is 15.3 Å². The summed E-state index contributed by atoms with van der Waals surface area (Å²) in [4.78, 5) is 43.9. The largest absolute Gasteiger partial charge is 0.479 e. The van der Waals surface area contributed by atoms with Crippen LogP contribution < -0.4 is 15.1 Å². The molecule has 0 saturated carbocycles. The minimum Gasteiger partial charge on any atom is -0.479 e. The first kappa shape index (κ1) is 28.0. The van der Waals surface area contributed by atoms with Gasteiger partial charge in [0, 0.05) is 5.02 Å². The van der Waals surface area contributed by atoms with E-state index < -0.39 is 12.0 Å². The summed E-state index contributed by atoms with van der Waals surface area (Å²) in [6.07, 6.45) is 0.511. The predicted molar refractivity (Wildman–Crippen MR) is 162 cm³/mol. The molecule has 3 heterocycles. The zero-order valence-electron chi connectivity index (χ0n) is 21.5. The average Bonchev–Trinajstić information content (AvgIpc) is 3.66. The number of ether oxygens (including phenoxy) is 1. The van der Waals surface area contributed by atoms with E-state index in [4.69, 9.17) is 32.4 Å². The van der Waals surface area contributed by atoms with Gasteiger partial charge in [0.25, 0.3) is 17.7 Å². The monoisotopic (exact) mass is 636 g/mol. The third-order valence-electron chi connectivity index (χ3n) is 6.13. The summed E-state index contributed by atoms with van der Waals surface area (Å²) in [6, 6.07) is 20.2. The van der Waals surface area contributed by atoms with E-state index in [2.05, 4.69) is 15.5 Å². The third kappa shape index (κ3) is 5.64. The highest BCUT2D eigenvalue weighted by molar-refractivity contribution is 8.01. The molecule has 0 radical (unpaired) electrons. The number of halogens is 2. The topological polar surface area (TPSA) is 114 Å². The Bertz CT molecular complexity index is 1870. The number of benzene rings is 3. The van der Waals surface area contributed by atoms with Gasteiger partial charge in [0.2, 0.25) is 0 Å². The Morgan fingerprint density at radius 3 is 2.57 bits per heavy atom. The molecule has 0 bridgehead atoms. The van der Waals surface area contributed by atoms with Gasteiger partial charge in [-0.05, 0) is 79.3 Å². The number of amides is 3. The van der Waals surface area contributed by atoms with Crippen LogP contribution in [0, 0.1) is 0 Å². The van der Waals surface area contributed by atoms with Crippen LogP contribution in [0.3, 0.4) is 0 Å². The van der Waals surface area contributed by atoms with E-state index >= 15 is 0 Å². The number of imide groups is 1. The van der Waals surface area contributed by atoms with Crippen molar-refractivity contribution in [2.24, 2.45) is 5.10 Å². The molecule has 5 aromatic rings. The Morgan fingerprint density at radius 2 is 1.83 bits per heavy atom. The van der Waals surface area contributed by atoms with E-state index in [9.17, 15) is 14.4 Å². The lowest BCUT2D eigenvalue weighted by Crippen LogP contribution is -2.33. The highest BCUT2D eigenvalue weighted by Gasteiger charge is 2.36. The van der Waals surface area contributed by atoms with Gasteiger partial charge in [0.05, 0.1) is 38.3 Å². The lowest BCUT2D eigenvalue weighted by molar-refractivity contribution is -0.127. The molecule has 1 aliphatic rings. The van der Waals surface area contributed by atoms with Gasteiger partial charge in [-0.1, -0.05) is 35.3 Å². The Hall–Kier alpha value is -4.16. The predicted octanol–water partition coefficient (Wildman–Crippen LogP) is 7.07. The first-order chi connectivity index (χ1) is 20.3. The summed E-state index contributed by atoms with van der Waals surface area (Å²) >= 11 is 14.7. The number of carbonyl (C=O) groups is 3. The zero-order chi connectivity index (χ0) is 29.4. The molecule has 13 heteroatoms. The van der Waals surface area contributed by atoms with Crippen LogP contribution in [0.4, 0.5) is 5.69 Å². The van der Waals surface area contributed by atoms with Gasteiger partial charge in [0.1, 0.15) is 11.5 Å². The molecule has 9 nitrogen and oxygen atoms in total. The molecule has 2 aromatic heterocycles. The van der Waals surface area contributed by atoms with E-state index in [-0.39, 0.29) is 11.8 Å². The second kappa shape index (κ2) is 11.6. The SMILES string of the molecule is C[C@@H](Oc1ccc(Cl)cc1Cl)C(=O)N/N=C/c1ccc(Sc2nc3ccc(N4C(=O)c5ccccc5C4=O)cc3s2)o1. The van der Waals surface area contributed by atoms with Crippen LogP contribution >= 0.6 is 46.3 Å². The van der Waals surface area contributed by atoms with Crippen molar-refractivity contribution in [1.82, 2.24) is 10.4 Å². The number of anilines is 1. The van der Waals surface area contributed by atoms with Crippen LogP contribution in [0.2, 0.25) is 10.0 Å². The number of furan rings is 1. The van der Waals surface area contributed by atoms with Crippen molar-refractivity contribution in [2.45, 2.75) is 22.5 Å². The number of hydrogen-bond acceptors (Lipinski definition) is 9. The first-order valence-electron chi connectivity index (χ1n) is 12.4. The zero-order valence-corrected chi connectivity index (χ0v) is 24.7. The second-order valence-electron chi connectivity index (χ2n) is 8.95. The van der Waals surface area contributed by atoms with E-state index in [1.165, 1.54) is 40.3 Å². The average molecular weight is 638 g/mol. The standard InChI is InChI=1S/C29H18Cl2N4O5S2/c1-15(39-23-10-6-16(30)12-21(23)31)26(36)34-32-14-18-8-11-25(40-18)42-29-33-22-9-7-17(13-24(22)41-29)35-27(37)19-4-2-3-5-20(19)28(35)38/h2-15H,1H3,(H,34,36)/b32-14+/t15-/m1/s1. The molecule has 0 saturated heterocycles. The van der Waals surface area contributed by atoms with Crippen LogP contribution in [-0.2, 0) is 4.79 Å². The molecular formula is C29H18Cl2N4O5S2. The molecule has 1 atom stereocenters. The third-order valence-corrected chi connectivity index (χ3v) is 8.66. The fourth-order valence-corrected chi connectivity index (χ4v) is 6.56. The maximum atomic E-state index is 12.9. The van der Waals surface area contributed by atoms with Crippen LogP contribution in [0.25, 0.3) is 10.2 Å². The van der Waals surface area contributed by atoms with Crippen molar-refractivity contribution in [3.63, 3.8) is 0 Å². The minimum atomic E-state index is -0.861. The lowest BCUT2D eigenvalue weighted by atomic mass is 10.1. The van der Waals surface area contributed by atoms with Crippen molar-refractivity contribution in [2.75, 3.05) is 4.90 Å². The molecule has 0 spiro atoms. The molecule has 210 valence electrons. The first-order valence-corrected chi connectivity index (χ1v) is 14.8. The maximum Gasteiger partial charge on any atom is 0.280 e. The Kier molecular flexibility index (Phi) is 7.74. The number of thiazole rings is 1. The Labute approximate surface area is 257 Å². The molecule has 1 N–H and O–H groups in total. The van der Waals surface area contributed by atoms with Crippen molar-refractivity contribution in [1.29, 1.82) is 0 Å². The number of fused-ring (bicyclic) bond motifs is 2. The molecule has 3 aromatic carbocycles. The van der Waals surface area contributed by atoms with Gasteiger partial charge < -0.3 is 9.15 Å². The molecule has 0 unspecified atom stereocenters. The maximum absolute atomic E-state index is 12.9. The molecule has 0 fully saturated rings. The Balaban J connectivity index is 1.08. The smallest absolute Gasteiger partial charge is 0.280 e. The molecular weight excluding hydrogens is 619 g/mol. The summed E-state index contributed by atoms with van der Waals surface area (Å²) in [5.74, 6) is -0.421. The van der Waals surface area contributed by atoms with E-state index in [1.807, 2.05) is 0 Å². The van der Waals surface area contributed by atoms with Gasteiger partial charge in [0.15, 0.2) is 15.5 Å². The number of nitrogens with zero attached hydrogens (tertiary/aromatic N) is 3. The molecule has 42 heavy (non-hydrogen) atoms. The number of hydrazone groups is 1. The Morgan fingerprint density at radius 1 is 1.07 bits per heavy atom. The van der Waals surface area contributed by atoms with Gasteiger partial charge in [-0.3, -0.25) is 14.4 Å². The highest BCUT2D eigenvalue weighted by Crippen LogP contribution is 2.38. The van der Waals surface area contributed by atoms with Crippen LogP contribution in [0.5, 0.6) is 5.75 Å². The van der Waals surface area contributed by atoms with Crippen molar-refractivity contribution in [3.05, 3.63) is 99.7 Å². The number of carbonyl (C=O) groups excluding carboxylic acids is 3. The normalized spacial score (nSPS) is 13.6. The van der Waals surface area contributed by atoms with Gasteiger partial charge >= 0.3 is 0 Å². The van der Waals surface area contributed by atoms with Crippen molar-refractivity contribution >= 4 is 86.1 Å². The molecule has 6 rings (SSSR count). The van der Waals surface area contributed by atoms with Crippen LogP contribution in [0.15, 0.2) is 91.7 Å². The van der Waals surface area contributed by atoms with Crippen molar-refractivity contribution in [3.8, 4) is 5.75 Å². The highest BCUT2D eigenvalue weighted by atomic mass is 35.5.